The zero-order valence-electron chi connectivity index (χ0n) is 16.4. The van der Waals surface area contributed by atoms with Crippen LogP contribution in [0.4, 0.5) is 5.69 Å². The van der Waals surface area contributed by atoms with E-state index in [0.29, 0.717) is 17.8 Å². The van der Waals surface area contributed by atoms with Gasteiger partial charge in [-0.2, -0.15) is 0 Å². The standard InChI is InChI=1S/C21H18N2O5S3/c1-13-6-8-14(9-7-13)12-23-16-5-3-2-4-15(16)17(19(23)24)18-20(25)22(21(29)30-18)10-11-31(26,27)28/h2-9H,10-12H2,1H3,(H,26,27,28)/p-1/b18-17+. The minimum Gasteiger partial charge on any atom is -0.748 e. The lowest BCUT2D eigenvalue weighted by molar-refractivity contribution is -0.122. The highest BCUT2D eigenvalue weighted by Gasteiger charge is 2.41. The quantitative estimate of drug-likeness (QED) is 0.374. The van der Waals surface area contributed by atoms with Gasteiger partial charge in [-0.1, -0.05) is 72.0 Å². The van der Waals surface area contributed by atoms with Gasteiger partial charge in [0.05, 0.1) is 38.6 Å². The van der Waals surface area contributed by atoms with Gasteiger partial charge in [0, 0.05) is 12.1 Å². The first-order chi connectivity index (χ1) is 14.7. The van der Waals surface area contributed by atoms with Gasteiger partial charge in [-0.3, -0.25) is 14.5 Å². The minimum absolute atomic E-state index is 0.124. The number of hydrogen-bond donors (Lipinski definition) is 0. The molecule has 2 aliphatic heterocycles. The Balaban J connectivity index is 1.71. The molecule has 0 bridgehead atoms. The van der Waals surface area contributed by atoms with Crippen molar-refractivity contribution in [2.24, 2.45) is 0 Å². The van der Waals surface area contributed by atoms with Gasteiger partial charge < -0.3 is 9.45 Å². The van der Waals surface area contributed by atoms with Crippen molar-refractivity contribution in [3.05, 3.63) is 70.1 Å². The molecule has 0 aliphatic carbocycles. The van der Waals surface area contributed by atoms with Crippen LogP contribution >= 0.6 is 24.0 Å². The number of thioether (sulfide) groups is 1. The molecule has 1 saturated heterocycles. The normalized spacial score (nSPS) is 18.8. The third-order valence-electron chi connectivity index (χ3n) is 5.03. The van der Waals surface area contributed by atoms with Crippen LogP contribution in [0.5, 0.6) is 0 Å². The Morgan fingerprint density at radius 1 is 1.00 bits per heavy atom. The molecular formula is C21H17N2O5S3-. The fraction of sp³-hybridized carbons (Fsp3) is 0.190. The summed E-state index contributed by atoms with van der Waals surface area (Å²) in [6.07, 6.45) is 0. The molecule has 0 N–H and O–H groups in total. The molecule has 0 unspecified atom stereocenters. The van der Waals surface area contributed by atoms with Crippen molar-refractivity contribution in [3.8, 4) is 0 Å². The maximum absolute atomic E-state index is 13.4. The van der Waals surface area contributed by atoms with Crippen LogP contribution in [0.15, 0.2) is 53.4 Å². The number of anilines is 1. The van der Waals surface area contributed by atoms with E-state index in [0.717, 1.165) is 27.8 Å². The second kappa shape index (κ2) is 8.19. The highest BCUT2D eigenvalue weighted by atomic mass is 32.2. The van der Waals surface area contributed by atoms with Crippen molar-refractivity contribution < 1.29 is 22.6 Å². The molecule has 10 heteroatoms. The summed E-state index contributed by atoms with van der Waals surface area (Å²) >= 11 is 6.16. The minimum atomic E-state index is -4.50. The van der Waals surface area contributed by atoms with E-state index in [1.807, 2.05) is 43.3 Å². The predicted octanol–water partition coefficient (Wildman–Crippen LogP) is 2.66. The van der Waals surface area contributed by atoms with Crippen LogP contribution in [0.1, 0.15) is 16.7 Å². The van der Waals surface area contributed by atoms with Crippen molar-refractivity contribution in [2.75, 3.05) is 17.2 Å². The van der Waals surface area contributed by atoms with E-state index >= 15 is 0 Å². The number of para-hydroxylation sites is 1. The lowest BCUT2D eigenvalue weighted by atomic mass is 10.1. The van der Waals surface area contributed by atoms with E-state index in [1.165, 1.54) is 0 Å². The summed E-state index contributed by atoms with van der Waals surface area (Å²) in [6, 6.07) is 15.0. The fourth-order valence-electron chi connectivity index (χ4n) is 3.48. The van der Waals surface area contributed by atoms with Crippen LogP contribution in [0, 0.1) is 6.92 Å². The van der Waals surface area contributed by atoms with Crippen LogP contribution in [-0.2, 0) is 26.3 Å². The molecule has 0 radical (unpaired) electrons. The second-order valence-electron chi connectivity index (χ2n) is 7.18. The lowest BCUT2D eigenvalue weighted by Gasteiger charge is -2.17. The third-order valence-corrected chi connectivity index (χ3v) is 7.16. The van der Waals surface area contributed by atoms with Gasteiger partial charge in [-0.05, 0) is 18.6 Å². The molecule has 0 spiro atoms. The maximum atomic E-state index is 13.4. The molecule has 0 saturated carbocycles. The highest BCUT2D eigenvalue weighted by molar-refractivity contribution is 8.26. The summed E-state index contributed by atoms with van der Waals surface area (Å²) in [5, 5.41) is 0. The van der Waals surface area contributed by atoms with Crippen molar-refractivity contribution in [1.82, 2.24) is 4.90 Å². The molecule has 160 valence electrons. The van der Waals surface area contributed by atoms with Gasteiger partial charge in [0.1, 0.15) is 4.32 Å². The number of rotatable bonds is 5. The Labute approximate surface area is 189 Å². The predicted molar refractivity (Wildman–Crippen MR) is 122 cm³/mol. The number of carbonyl (C=O) groups excluding carboxylic acids is 2. The average Bonchev–Trinajstić information content (AvgIpc) is 3.14. The number of nitrogens with zero attached hydrogens (tertiary/aromatic N) is 2. The summed E-state index contributed by atoms with van der Waals surface area (Å²) in [4.78, 5) is 29.2. The van der Waals surface area contributed by atoms with E-state index in [2.05, 4.69) is 0 Å². The van der Waals surface area contributed by atoms with Gasteiger partial charge in [0.2, 0.25) is 0 Å². The van der Waals surface area contributed by atoms with E-state index in [1.54, 1.807) is 17.0 Å². The Bertz CT molecular complexity index is 1240. The molecule has 2 aromatic rings. The number of carbonyl (C=O) groups is 2. The summed E-state index contributed by atoms with van der Waals surface area (Å²) in [7, 11) is -4.50. The molecule has 4 rings (SSSR count). The second-order valence-corrected chi connectivity index (χ2v) is 10.4. The SMILES string of the molecule is Cc1ccc(CN2C(=O)/C(=C3/SC(=S)N(CCS(=O)(=O)[O-])C3=O)c3ccccc32)cc1. The maximum Gasteiger partial charge on any atom is 0.267 e. The van der Waals surface area contributed by atoms with Crippen molar-refractivity contribution >= 4 is 61.5 Å². The van der Waals surface area contributed by atoms with E-state index < -0.39 is 21.8 Å². The number of aryl methyl sites for hydroxylation is 1. The number of hydrogen-bond acceptors (Lipinski definition) is 7. The Kier molecular flexibility index (Phi) is 5.73. The topological polar surface area (TPSA) is 97.8 Å². The molecule has 1 fully saturated rings. The van der Waals surface area contributed by atoms with Crippen molar-refractivity contribution in [3.63, 3.8) is 0 Å². The van der Waals surface area contributed by atoms with E-state index in [9.17, 15) is 22.6 Å². The highest BCUT2D eigenvalue weighted by Crippen LogP contribution is 2.44. The fourth-order valence-corrected chi connectivity index (χ4v) is 5.26. The molecule has 0 aromatic heterocycles. The van der Waals surface area contributed by atoms with Crippen LogP contribution in [0.2, 0.25) is 0 Å². The van der Waals surface area contributed by atoms with Crippen molar-refractivity contribution in [2.45, 2.75) is 13.5 Å². The Morgan fingerprint density at radius 2 is 1.68 bits per heavy atom. The first kappa shape index (κ1) is 21.7. The first-order valence-electron chi connectivity index (χ1n) is 9.34. The van der Waals surface area contributed by atoms with Crippen molar-refractivity contribution in [1.29, 1.82) is 0 Å². The van der Waals surface area contributed by atoms with Gasteiger partial charge in [-0.25, -0.2) is 8.42 Å². The molecule has 2 heterocycles. The van der Waals surface area contributed by atoms with Crippen LogP contribution < -0.4 is 4.90 Å². The van der Waals surface area contributed by atoms with Crippen LogP contribution in [0.3, 0.4) is 0 Å². The summed E-state index contributed by atoms with van der Waals surface area (Å²) in [5.74, 6) is -1.63. The molecular weight excluding hydrogens is 456 g/mol. The average molecular weight is 474 g/mol. The Morgan fingerprint density at radius 3 is 2.35 bits per heavy atom. The number of amides is 2. The lowest BCUT2D eigenvalue weighted by Crippen LogP contribution is -2.33. The van der Waals surface area contributed by atoms with Gasteiger partial charge in [0.15, 0.2) is 0 Å². The monoisotopic (exact) mass is 473 g/mol. The van der Waals surface area contributed by atoms with Crippen LogP contribution in [-0.4, -0.2) is 46.3 Å². The molecule has 2 amide bonds. The van der Waals surface area contributed by atoms with E-state index in [-0.39, 0.29) is 27.3 Å². The first-order valence-corrected chi connectivity index (χ1v) is 12.1. The molecule has 2 aromatic carbocycles. The zero-order chi connectivity index (χ0) is 22.3. The summed E-state index contributed by atoms with van der Waals surface area (Å²) in [6.45, 7) is 1.99. The molecule has 7 nitrogen and oxygen atoms in total. The smallest absolute Gasteiger partial charge is 0.267 e. The number of fused-ring (bicyclic) bond motifs is 1. The molecule has 31 heavy (non-hydrogen) atoms. The molecule has 0 atom stereocenters. The summed E-state index contributed by atoms with van der Waals surface area (Å²) in [5.41, 5.74) is 3.61. The largest absolute Gasteiger partial charge is 0.748 e. The van der Waals surface area contributed by atoms with Gasteiger partial charge >= 0.3 is 0 Å². The number of benzene rings is 2. The molecule has 2 aliphatic rings. The third kappa shape index (κ3) is 4.29. The van der Waals surface area contributed by atoms with Gasteiger partial charge in [-0.15, -0.1) is 0 Å². The zero-order valence-corrected chi connectivity index (χ0v) is 18.9. The van der Waals surface area contributed by atoms with Gasteiger partial charge in [0.25, 0.3) is 11.8 Å². The summed E-state index contributed by atoms with van der Waals surface area (Å²) < 4.78 is 33.1. The number of thiocarbonyl (C=S) groups is 1. The van der Waals surface area contributed by atoms with Crippen LogP contribution in [0.25, 0.3) is 5.57 Å². The Hall–Kier alpha value is -2.53. The van der Waals surface area contributed by atoms with E-state index in [4.69, 9.17) is 12.2 Å².